The molecule has 110 valence electrons. The molecule has 1 nitrogen and oxygen atoms in total. The van der Waals surface area contributed by atoms with Gasteiger partial charge in [-0.2, -0.15) is 0 Å². The molecule has 2 heteroatoms. The molecule has 1 aliphatic heterocycles. The van der Waals surface area contributed by atoms with Crippen LogP contribution in [0.4, 0.5) is 0 Å². The van der Waals surface area contributed by atoms with Crippen LogP contribution in [-0.2, 0) is 21.4 Å². The van der Waals surface area contributed by atoms with E-state index in [1.54, 1.807) is 0 Å². The van der Waals surface area contributed by atoms with E-state index in [2.05, 4.69) is 51.1 Å². The third-order valence-corrected chi connectivity index (χ3v) is 8.19. The maximum Gasteiger partial charge on any atom is 0.209 e. The molecule has 0 spiro atoms. The lowest BCUT2D eigenvalue weighted by Gasteiger charge is -2.46. The largest absolute Gasteiger partial charge is 0.332 e. The standard InChI is InChI=1S/C18H27OS/c1-14-9-10-16-17(11-14)19-13-20(18(16,2)3)12-15-7-5-4-6-8-15/h4-8,14,16-17H,9-13H2,1-3H3/q+1/t14-,16-,17-,20?/m1/s1. The van der Waals surface area contributed by atoms with E-state index in [1.807, 2.05) is 0 Å². The predicted octanol–water partition coefficient (Wildman–Crippen LogP) is 4.38. The molecule has 3 rings (SSSR count). The van der Waals surface area contributed by atoms with Gasteiger partial charge in [0.25, 0.3) is 0 Å². The topological polar surface area (TPSA) is 9.23 Å². The van der Waals surface area contributed by atoms with Crippen molar-refractivity contribution in [1.82, 2.24) is 0 Å². The van der Waals surface area contributed by atoms with Crippen molar-refractivity contribution in [3.63, 3.8) is 0 Å². The van der Waals surface area contributed by atoms with Crippen LogP contribution in [0.3, 0.4) is 0 Å². The van der Waals surface area contributed by atoms with E-state index < -0.39 is 0 Å². The number of rotatable bonds is 2. The zero-order valence-corrected chi connectivity index (χ0v) is 13.8. The molecule has 4 atom stereocenters. The first-order valence-electron chi connectivity index (χ1n) is 7.90. The van der Waals surface area contributed by atoms with Gasteiger partial charge < -0.3 is 4.74 Å². The highest BCUT2D eigenvalue weighted by Gasteiger charge is 2.54. The summed E-state index contributed by atoms with van der Waals surface area (Å²) in [6.45, 7) is 7.37. The average Bonchev–Trinajstić information content (AvgIpc) is 2.43. The third-order valence-electron chi connectivity index (χ3n) is 5.30. The van der Waals surface area contributed by atoms with Crippen LogP contribution in [0, 0.1) is 11.8 Å². The molecule has 0 amide bonds. The fourth-order valence-corrected chi connectivity index (χ4v) is 6.24. The minimum absolute atomic E-state index is 0.342. The molecule has 1 heterocycles. The molecule has 1 saturated heterocycles. The van der Waals surface area contributed by atoms with Gasteiger partial charge in [0.05, 0.1) is 6.10 Å². The molecular formula is C18H27OS+. The Morgan fingerprint density at radius 3 is 2.70 bits per heavy atom. The second kappa shape index (κ2) is 5.73. The highest BCUT2D eigenvalue weighted by Crippen LogP contribution is 2.46. The quantitative estimate of drug-likeness (QED) is 0.735. The van der Waals surface area contributed by atoms with Crippen LogP contribution in [0.15, 0.2) is 30.3 Å². The fraction of sp³-hybridized carbons (Fsp3) is 0.667. The Morgan fingerprint density at radius 1 is 1.20 bits per heavy atom. The number of hydrogen-bond donors (Lipinski definition) is 0. The molecule has 0 radical (unpaired) electrons. The van der Waals surface area contributed by atoms with Crippen LogP contribution in [0.1, 0.15) is 45.6 Å². The second-order valence-corrected chi connectivity index (χ2v) is 9.64. The summed E-state index contributed by atoms with van der Waals surface area (Å²) < 4.78 is 6.71. The first-order valence-corrected chi connectivity index (χ1v) is 9.47. The Balaban J connectivity index is 1.74. The molecule has 1 unspecified atom stereocenters. The summed E-state index contributed by atoms with van der Waals surface area (Å²) in [6.07, 6.45) is 4.54. The van der Waals surface area contributed by atoms with Crippen molar-refractivity contribution >= 4 is 10.9 Å². The fourth-order valence-electron chi connectivity index (χ4n) is 3.85. The van der Waals surface area contributed by atoms with Gasteiger partial charge in [0.1, 0.15) is 10.5 Å². The second-order valence-electron chi connectivity index (χ2n) is 7.07. The smallest absolute Gasteiger partial charge is 0.209 e. The van der Waals surface area contributed by atoms with Crippen LogP contribution in [-0.4, -0.2) is 16.8 Å². The van der Waals surface area contributed by atoms with Crippen molar-refractivity contribution in [1.29, 1.82) is 0 Å². The number of hydrogen-bond acceptors (Lipinski definition) is 1. The molecule has 1 saturated carbocycles. The normalized spacial score (nSPS) is 36.4. The zero-order valence-electron chi connectivity index (χ0n) is 13.0. The number of benzene rings is 1. The molecule has 1 aromatic carbocycles. The first kappa shape index (κ1) is 14.5. The molecule has 0 N–H and O–H groups in total. The van der Waals surface area contributed by atoms with Gasteiger partial charge in [-0.15, -0.1) is 0 Å². The summed E-state index contributed by atoms with van der Waals surface area (Å²) in [5.74, 6) is 3.77. The van der Waals surface area contributed by atoms with Crippen LogP contribution in [0.25, 0.3) is 0 Å². The monoisotopic (exact) mass is 291 g/mol. The summed E-state index contributed by atoms with van der Waals surface area (Å²) in [5, 5.41) is 0. The minimum Gasteiger partial charge on any atom is -0.332 e. The molecule has 2 aliphatic rings. The highest BCUT2D eigenvalue weighted by atomic mass is 32.2. The van der Waals surface area contributed by atoms with Gasteiger partial charge >= 0.3 is 0 Å². The molecule has 1 aliphatic carbocycles. The van der Waals surface area contributed by atoms with Gasteiger partial charge in [-0.1, -0.05) is 43.7 Å². The Labute approximate surface area is 126 Å². The Hall–Kier alpha value is -0.470. The van der Waals surface area contributed by atoms with E-state index >= 15 is 0 Å². The molecular weight excluding hydrogens is 264 g/mol. The van der Waals surface area contributed by atoms with Crippen molar-refractivity contribution in [3.05, 3.63) is 35.9 Å². The van der Waals surface area contributed by atoms with Gasteiger partial charge in [0, 0.05) is 22.4 Å². The molecule has 20 heavy (non-hydrogen) atoms. The Morgan fingerprint density at radius 2 is 1.95 bits per heavy atom. The summed E-state index contributed by atoms with van der Waals surface area (Å²) in [4.78, 5) is 0. The van der Waals surface area contributed by atoms with Crippen molar-refractivity contribution in [3.8, 4) is 0 Å². The lowest BCUT2D eigenvalue weighted by molar-refractivity contribution is -0.0251. The summed E-state index contributed by atoms with van der Waals surface area (Å²) >= 11 is 0. The van der Waals surface area contributed by atoms with Crippen LogP contribution in [0.5, 0.6) is 0 Å². The lowest BCUT2D eigenvalue weighted by atomic mass is 9.75. The SMILES string of the molecule is C[C@@H]1CC[C@@H]2[C@@H](C1)OC[S+](Cc1ccccc1)C2(C)C. The number of ether oxygens (including phenoxy) is 1. The predicted molar refractivity (Wildman–Crippen MR) is 87.8 cm³/mol. The third kappa shape index (κ3) is 2.78. The molecule has 0 bridgehead atoms. The van der Waals surface area contributed by atoms with Crippen LogP contribution in [0.2, 0.25) is 0 Å². The van der Waals surface area contributed by atoms with Gasteiger partial charge in [0.15, 0.2) is 0 Å². The summed E-state index contributed by atoms with van der Waals surface area (Å²) in [7, 11) is 0.342. The highest BCUT2D eigenvalue weighted by molar-refractivity contribution is 7.97. The lowest BCUT2D eigenvalue weighted by Crippen LogP contribution is -2.55. The van der Waals surface area contributed by atoms with Gasteiger partial charge in [-0.05, 0) is 32.6 Å². The number of fused-ring (bicyclic) bond motifs is 1. The van der Waals surface area contributed by atoms with Gasteiger partial charge in [-0.3, -0.25) is 0 Å². The molecule has 1 aromatic rings. The van der Waals surface area contributed by atoms with Crippen LogP contribution >= 0.6 is 0 Å². The Kier molecular flexibility index (Phi) is 4.14. The summed E-state index contributed by atoms with van der Waals surface area (Å²) in [6, 6.07) is 10.9. The molecule has 0 aromatic heterocycles. The van der Waals surface area contributed by atoms with E-state index in [0.29, 0.717) is 21.7 Å². The van der Waals surface area contributed by atoms with E-state index in [4.69, 9.17) is 4.74 Å². The Bertz CT molecular complexity index is 442. The van der Waals surface area contributed by atoms with E-state index in [0.717, 1.165) is 17.8 Å². The van der Waals surface area contributed by atoms with Crippen molar-refractivity contribution in [2.75, 3.05) is 5.94 Å². The maximum atomic E-state index is 6.29. The van der Waals surface area contributed by atoms with Gasteiger partial charge in [0.2, 0.25) is 5.94 Å². The summed E-state index contributed by atoms with van der Waals surface area (Å²) in [5.41, 5.74) is 1.47. The van der Waals surface area contributed by atoms with Crippen molar-refractivity contribution in [2.24, 2.45) is 11.8 Å². The maximum absolute atomic E-state index is 6.29. The first-order chi connectivity index (χ1) is 9.57. The minimum atomic E-state index is 0.342. The van der Waals surface area contributed by atoms with E-state index in [1.165, 1.54) is 30.6 Å². The average molecular weight is 291 g/mol. The van der Waals surface area contributed by atoms with Gasteiger partial charge in [-0.25, -0.2) is 0 Å². The van der Waals surface area contributed by atoms with E-state index in [9.17, 15) is 0 Å². The van der Waals surface area contributed by atoms with E-state index in [-0.39, 0.29) is 0 Å². The van der Waals surface area contributed by atoms with Crippen molar-refractivity contribution < 1.29 is 4.74 Å². The van der Waals surface area contributed by atoms with Crippen LogP contribution < -0.4 is 0 Å². The zero-order chi connectivity index (χ0) is 14.2. The molecule has 2 fully saturated rings. The van der Waals surface area contributed by atoms with Crippen molar-refractivity contribution in [2.45, 2.75) is 56.6 Å².